The number of hydrogen-bond donors (Lipinski definition) is 1. The molecule has 0 saturated carbocycles. The summed E-state index contributed by atoms with van der Waals surface area (Å²) in [5.41, 5.74) is 1.94. The number of fused-ring (bicyclic) bond motifs is 1. The summed E-state index contributed by atoms with van der Waals surface area (Å²) in [7, 11) is 0. The normalized spacial score (nSPS) is 10.9. The first kappa shape index (κ1) is 15.9. The van der Waals surface area contributed by atoms with Crippen LogP contribution in [0.1, 0.15) is 38.6 Å². The van der Waals surface area contributed by atoms with E-state index in [4.69, 9.17) is 9.15 Å². The van der Waals surface area contributed by atoms with Gasteiger partial charge in [-0.2, -0.15) is 0 Å². The molecule has 1 N–H and O–H groups in total. The molecule has 0 fully saturated rings. The van der Waals surface area contributed by atoms with Crippen molar-refractivity contribution >= 4 is 17.2 Å². The summed E-state index contributed by atoms with van der Waals surface area (Å²) in [4.78, 5) is 15.7. The molecule has 0 unspecified atom stereocenters. The zero-order chi connectivity index (χ0) is 16.2. The van der Waals surface area contributed by atoms with E-state index >= 15 is 0 Å². The van der Waals surface area contributed by atoms with Gasteiger partial charge in [-0.15, -0.1) is 0 Å². The van der Waals surface area contributed by atoms with Gasteiger partial charge < -0.3 is 14.5 Å². The topological polar surface area (TPSA) is 64.4 Å². The van der Waals surface area contributed by atoms with E-state index in [9.17, 15) is 4.79 Å². The lowest BCUT2D eigenvalue weighted by Gasteiger charge is -2.19. The lowest BCUT2D eigenvalue weighted by Crippen LogP contribution is -2.32. The zero-order valence-corrected chi connectivity index (χ0v) is 13.3. The molecule has 0 saturated heterocycles. The average molecular weight is 300 g/mol. The van der Waals surface area contributed by atoms with Crippen LogP contribution in [0.2, 0.25) is 0 Å². The van der Waals surface area contributed by atoms with Gasteiger partial charge in [0.05, 0.1) is 0 Å². The second-order valence-corrected chi connectivity index (χ2v) is 5.90. The maximum absolute atomic E-state index is 11.4. The third-order valence-corrected chi connectivity index (χ3v) is 2.65. The Morgan fingerprint density at radius 3 is 2.91 bits per heavy atom. The number of oxazole rings is 1. The number of hydrogen-bond acceptors (Lipinski definition) is 4. The number of amides is 1. The van der Waals surface area contributed by atoms with Crippen molar-refractivity contribution in [1.82, 2.24) is 10.3 Å². The van der Waals surface area contributed by atoms with E-state index in [1.807, 2.05) is 45.9 Å². The van der Waals surface area contributed by atoms with Gasteiger partial charge in [0.25, 0.3) is 0 Å². The minimum Gasteiger partial charge on any atom is -0.444 e. The smallest absolute Gasteiger partial charge is 0.407 e. The number of nitrogens with one attached hydrogen (secondary N) is 1. The fraction of sp³-hybridized carbons (Fsp3) is 0.412. The molecular formula is C17H20N2O3. The molecule has 1 aromatic carbocycles. The number of ether oxygens (including phenoxy) is 1. The Balaban J connectivity index is 1.84. The van der Waals surface area contributed by atoms with E-state index in [0.29, 0.717) is 18.9 Å². The monoisotopic (exact) mass is 300 g/mol. The average Bonchev–Trinajstić information content (AvgIpc) is 2.75. The van der Waals surface area contributed by atoms with Crippen LogP contribution in [-0.4, -0.2) is 23.2 Å². The Morgan fingerprint density at radius 2 is 2.18 bits per heavy atom. The Bertz CT molecular complexity index is 730. The molecule has 1 heterocycles. The molecule has 5 nitrogen and oxygen atoms in total. The van der Waals surface area contributed by atoms with Gasteiger partial charge in [0.1, 0.15) is 11.1 Å². The van der Waals surface area contributed by atoms with Gasteiger partial charge >= 0.3 is 6.09 Å². The van der Waals surface area contributed by atoms with Gasteiger partial charge in [0.15, 0.2) is 11.5 Å². The van der Waals surface area contributed by atoms with E-state index in [1.165, 1.54) is 0 Å². The molecule has 2 aromatic rings. The molecule has 1 aromatic heterocycles. The molecule has 5 heteroatoms. The van der Waals surface area contributed by atoms with E-state index in [-0.39, 0.29) is 0 Å². The van der Waals surface area contributed by atoms with Crippen molar-refractivity contribution in [3.8, 4) is 11.8 Å². The first-order valence-corrected chi connectivity index (χ1v) is 7.16. The van der Waals surface area contributed by atoms with Crippen LogP contribution in [0, 0.1) is 18.8 Å². The molecule has 0 aliphatic carbocycles. The largest absolute Gasteiger partial charge is 0.444 e. The highest BCUT2D eigenvalue weighted by atomic mass is 16.6. The zero-order valence-electron chi connectivity index (χ0n) is 13.3. The Kier molecular flexibility index (Phi) is 4.71. The van der Waals surface area contributed by atoms with Gasteiger partial charge in [-0.25, -0.2) is 9.78 Å². The van der Waals surface area contributed by atoms with Crippen molar-refractivity contribution < 1.29 is 13.9 Å². The second-order valence-electron chi connectivity index (χ2n) is 5.90. The molecule has 0 aliphatic heterocycles. The van der Waals surface area contributed by atoms with E-state index in [2.05, 4.69) is 22.1 Å². The molecule has 22 heavy (non-hydrogen) atoms. The van der Waals surface area contributed by atoms with E-state index in [0.717, 1.165) is 16.7 Å². The predicted octanol–water partition coefficient (Wildman–Crippen LogP) is 3.40. The van der Waals surface area contributed by atoms with Crippen molar-refractivity contribution in [2.24, 2.45) is 0 Å². The summed E-state index contributed by atoms with van der Waals surface area (Å²) in [6, 6.07) is 5.65. The fourth-order valence-corrected chi connectivity index (χ4v) is 1.82. The summed E-state index contributed by atoms with van der Waals surface area (Å²) < 4.78 is 10.6. The number of nitrogens with zero attached hydrogens (tertiary/aromatic N) is 1. The van der Waals surface area contributed by atoms with Crippen molar-refractivity contribution in [3.05, 3.63) is 29.7 Å². The summed E-state index contributed by atoms with van der Waals surface area (Å²) in [5, 5.41) is 2.67. The Hall–Kier alpha value is -2.48. The summed E-state index contributed by atoms with van der Waals surface area (Å²) in [5.74, 6) is 6.69. The van der Waals surface area contributed by atoms with Crippen molar-refractivity contribution in [1.29, 1.82) is 0 Å². The summed E-state index contributed by atoms with van der Waals surface area (Å²) in [6.45, 7) is 7.74. The van der Waals surface area contributed by atoms with Crippen molar-refractivity contribution in [2.45, 2.75) is 39.7 Å². The van der Waals surface area contributed by atoms with E-state index in [1.54, 1.807) is 0 Å². The number of rotatable bonds is 2. The number of aromatic nitrogens is 1. The highest BCUT2D eigenvalue weighted by Gasteiger charge is 2.15. The van der Waals surface area contributed by atoms with Gasteiger partial charge in [0.2, 0.25) is 0 Å². The standard InChI is InChI=1S/C17H20N2O3/c1-12-19-14-9-8-13(11-15(14)21-12)7-5-6-10-18-16(20)22-17(2,3)4/h8-9,11H,6,10H2,1-4H3,(H,18,20). The van der Waals surface area contributed by atoms with Crippen LogP contribution in [0.15, 0.2) is 22.6 Å². The molecule has 0 bridgehead atoms. The summed E-state index contributed by atoms with van der Waals surface area (Å²) >= 11 is 0. The minimum atomic E-state index is -0.486. The lowest BCUT2D eigenvalue weighted by atomic mass is 10.2. The molecule has 0 aliphatic rings. The SMILES string of the molecule is Cc1nc2ccc(C#CCCNC(=O)OC(C)(C)C)cc2o1. The molecule has 2 rings (SSSR count). The highest BCUT2D eigenvalue weighted by molar-refractivity contribution is 5.74. The highest BCUT2D eigenvalue weighted by Crippen LogP contribution is 2.16. The maximum atomic E-state index is 11.4. The molecule has 0 spiro atoms. The Morgan fingerprint density at radius 1 is 1.41 bits per heavy atom. The number of alkyl carbamates (subject to hydrolysis) is 1. The fourth-order valence-electron chi connectivity index (χ4n) is 1.82. The third kappa shape index (κ3) is 4.81. The Labute approximate surface area is 130 Å². The lowest BCUT2D eigenvalue weighted by molar-refractivity contribution is 0.0529. The van der Waals surface area contributed by atoms with Gasteiger partial charge in [-0.3, -0.25) is 0 Å². The van der Waals surface area contributed by atoms with Crippen LogP contribution in [-0.2, 0) is 4.74 Å². The van der Waals surface area contributed by atoms with Gasteiger partial charge in [-0.05, 0) is 39.0 Å². The quantitative estimate of drug-likeness (QED) is 0.682. The van der Waals surface area contributed by atoms with Crippen molar-refractivity contribution in [3.63, 3.8) is 0 Å². The first-order chi connectivity index (χ1) is 10.3. The van der Waals surface area contributed by atoms with Crippen LogP contribution < -0.4 is 5.32 Å². The third-order valence-electron chi connectivity index (χ3n) is 2.65. The number of aryl methyl sites for hydroxylation is 1. The molecule has 1 amide bonds. The van der Waals surface area contributed by atoms with Crippen LogP contribution in [0.3, 0.4) is 0 Å². The maximum Gasteiger partial charge on any atom is 0.407 e. The second kappa shape index (κ2) is 6.52. The first-order valence-electron chi connectivity index (χ1n) is 7.16. The summed E-state index contributed by atoms with van der Waals surface area (Å²) in [6.07, 6.45) is 0.125. The number of carbonyl (C=O) groups excluding carboxylic acids is 1. The molecule has 0 radical (unpaired) electrons. The molecule has 116 valence electrons. The molecule has 0 atom stereocenters. The minimum absolute atomic E-state index is 0.423. The van der Waals surface area contributed by atoms with Gasteiger partial charge in [0, 0.05) is 25.5 Å². The van der Waals surface area contributed by atoms with Crippen LogP contribution in [0.25, 0.3) is 11.1 Å². The number of benzene rings is 1. The van der Waals surface area contributed by atoms with Crippen LogP contribution in [0.4, 0.5) is 4.79 Å². The van der Waals surface area contributed by atoms with Crippen LogP contribution in [0.5, 0.6) is 0 Å². The van der Waals surface area contributed by atoms with Gasteiger partial charge in [-0.1, -0.05) is 11.8 Å². The number of carbonyl (C=O) groups is 1. The van der Waals surface area contributed by atoms with E-state index < -0.39 is 11.7 Å². The van der Waals surface area contributed by atoms with Crippen LogP contribution >= 0.6 is 0 Å². The predicted molar refractivity (Wildman–Crippen MR) is 84.5 cm³/mol. The molecular weight excluding hydrogens is 280 g/mol. The van der Waals surface area contributed by atoms with Crippen molar-refractivity contribution in [2.75, 3.05) is 6.54 Å².